The molecule has 0 spiro atoms. The molecule has 1 aliphatic heterocycles. The third-order valence-corrected chi connectivity index (χ3v) is 5.87. The molecule has 2 N–H and O–H groups in total. The van der Waals surface area contributed by atoms with Crippen LogP contribution in [0.2, 0.25) is 0 Å². The SMILES string of the molecule is COc1ccc(/C=C/C(=O)Oc2ccc3c(c2)OC(N)=C(C#N)C3c2ccc(C(C)C)cc2)cc1. The number of ether oxygens (including phenoxy) is 3. The Bertz CT molecular complexity index is 1330. The predicted octanol–water partition coefficient (Wildman–Crippen LogP) is 5.66. The quantitative estimate of drug-likeness (QED) is 0.286. The molecule has 6 heteroatoms. The van der Waals surface area contributed by atoms with E-state index in [1.54, 1.807) is 31.4 Å². The first kappa shape index (κ1) is 23.7. The fourth-order valence-electron chi connectivity index (χ4n) is 3.94. The average molecular weight is 467 g/mol. The van der Waals surface area contributed by atoms with Crippen molar-refractivity contribution in [3.8, 4) is 23.3 Å². The van der Waals surface area contributed by atoms with Crippen LogP contribution in [0.25, 0.3) is 6.08 Å². The summed E-state index contributed by atoms with van der Waals surface area (Å²) >= 11 is 0. The highest BCUT2D eigenvalue weighted by atomic mass is 16.5. The second-order valence-electron chi connectivity index (χ2n) is 8.47. The number of carbonyl (C=O) groups is 1. The standard InChI is InChI=1S/C29H26N2O4/c1-18(2)20-7-9-21(10-8-20)28-24-14-13-23(16-26(24)35-29(31)25(28)17-30)34-27(32)15-6-19-4-11-22(33-3)12-5-19/h4-16,18,28H,31H2,1-3H3/b15-6+. The van der Waals surface area contributed by atoms with E-state index in [4.69, 9.17) is 19.9 Å². The molecule has 0 saturated carbocycles. The highest BCUT2D eigenvalue weighted by Crippen LogP contribution is 2.43. The first-order valence-electron chi connectivity index (χ1n) is 11.2. The normalized spacial score (nSPS) is 14.9. The zero-order chi connectivity index (χ0) is 24.9. The molecule has 176 valence electrons. The maximum absolute atomic E-state index is 12.4. The molecule has 3 aromatic rings. The molecule has 1 unspecified atom stereocenters. The van der Waals surface area contributed by atoms with Crippen LogP contribution in [0.1, 0.15) is 47.9 Å². The van der Waals surface area contributed by atoms with Crippen molar-refractivity contribution in [1.82, 2.24) is 0 Å². The number of benzene rings is 3. The predicted molar refractivity (Wildman–Crippen MR) is 134 cm³/mol. The second-order valence-corrected chi connectivity index (χ2v) is 8.47. The van der Waals surface area contributed by atoms with E-state index in [-0.39, 0.29) is 11.8 Å². The van der Waals surface area contributed by atoms with Crippen molar-refractivity contribution in [3.63, 3.8) is 0 Å². The smallest absolute Gasteiger partial charge is 0.336 e. The maximum atomic E-state index is 12.4. The molecule has 0 fully saturated rings. The van der Waals surface area contributed by atoms with Gasteiger partial charge in [-0.25, -0.2) is 4.79 Å². The van der Waals surface area contributed by atoms with Gasteiger partial charge in [-0.05, 0) is 46.9 Å². The maximum Gasteiger partial charge on any atom is 0.336 e. The molecule has 6 nitrogen and oxygen atoms in total. The van der Waals surface area contributed by atoms with Crippen LogP contribution in [-0.2, 0) is 4.79 Å². The largest absolute Gasteiger partial charge is 0.497 e. The molecule has 0 aromatic heterocycles. The van der Waals surface area contributed by atoms with Gasteiger partial charge in [0, 0.05) is 17.7 Å². The molecular formula is C29H26N2O4. The molecule has 0 amide bonds. The van der Waals surface area contributed by atoms with Crippen molar-refractivity contribution in [2.75, 3.05) is 7.11 Å². The Balaban J connectivity index is 1.56. The van der Waals surface area contributed by atoms with Gasteiger partial charge in [-0.2, -0.15) is 5.26 Å². The molecule has 0 bridgehead atoms. The molecule has 0 aliphatic carbocycles. The highest BCUT2D eigenvalue weighted by Gasteiger charge is 2.31. The molecule has 0 saturated heterocycles. The summed E-state index contributed by atoms with van der Waals surface area (Å²) in [5.74, 6) is 1.04. The van der Waals surface area contributed by atoms with Crippen molar-refractivity contribution < 1.29 is 19.0 Å². The zero-order valence-corrected chi connectivity index (χ0v) is 19.8. The number of methoxy groups -OCH3 is 1. The lowest BCUT2D eigenvalue weighted by Crippen LogP contribution is -2.21. The lowest BCUT2D eigenvalue weighted by atomic mass is 9.83. The Labute approximate surface area is 204 Å². The van der Waals surface area contributed by atoms with Gasteiger partial charge < -0.3 is 19.9 Å². The van der Waals surface area contributed by atoms with Crippen LogP contribution in [0.4, 0.5) is 0 Å². The molecule has 1 heterocycles. The minimum Gasteiger partial charge on any atom is -0.497 e. The van der Waals surface area contributed by atoms with Gasteiger partial charge in [-0.15, -0.1) is 0 Å². The summed E-state index contributed by atoms with van der Waals surface area (Å²) < 4.78 is 16.3. The van der Waals surface area contributed by atoms with Crippen LogP contribution >= 0.6 is 0 Å². The van der Waals surface area contributed by atoms with Crippen molar-refractivity contribution in [3.05, 3.63) is 107 Å². The van der Waals surface area contributed by atoms with Crippen LogP contribution < -0.4 is 19.9 Å². The van der Waals surface area contributed by atoms with Gasteiger partial charge in [0.15, 0.2) is 0 Å². The first-order valence-corrected chi connectivity index (χ1v) is 11.2. The van der Waals surface area contributed by atoms with Gasteiger partial charge in [0.25, 0.3) is 0 Å². The van der Waals surface area contributed by atoms with Gasteiger partial charge in [0.2, 0.25) is 5.88 Å². The third-order valence-electron chi connectivity index (χ3n) is 5.87. The fraction of sp³-hybridized carbons (Fsp3) is 0.172. The van der Waals surface area contributed by atoms with E-state index in [0.717, 1.165) is 22.4 Å². The summed E-state index contributed by atoms with van der Waals surface area (Å²) in [5, 5.41) is 9.77. The molecule has 1 atom stereocenters. The number of esters is 1. The molecule has 1 aliphatic rings. The fourth-order valence-corrected chi connectivity index (χ4v) is 3.94. The van der Waals surface area contributed by atoms with E-state index in [1.165, 1.54) is 11.6 Å². The van der Waals surface area contributed by atoms with Gasteiger partial charge in [-0.1, -0.05) is 56.3 Å². The molecule has 4 rings (SSSR count). The Morgan fingerprint density at radius 1 is 1.06 bits per heavy atom. The van der Waals surface area contributed by atoms with E-state index in [2.05, 4.69) is 32.0 Å². The Hall–Kier alpha value is -4.50. The van der Waals surface area contributed by atoms with Gasteiger partial charge in [0.05, 0.1) is 13.0 Å². The summed E-state index contributed by atoms with van der Waals surface area (Å²) in [6.45, 7) is 4.26. The number of nitriles is 1. The van der Waals surface area contributed by atoms with Crippen LogP contribution in [0.3, 0.4) is 0 Å². The minimum atomic E-state index is -0.529. The first-order chi connectivity index (χ1) is 16.9. The third kappa shape index (κ3) is 5.20. The van der Waals surface area contributed by atoms with Crippen molar-refractivity contribution in [1.29, 1.82) is 5.26 Å². The molecule has 3 aromatic carbocycles. The minimum absolute atomic E-state index is 0.0424. The van der Waals surface area contributed by atoms with Gasteiger partial charge in [-0.3, -0.25) is 0 Å². The Morgan fingerprint density at radius 2 is 1.74 bits per heavy atom. The van der Waals surface area contributed by atoms with Crippen molar-refractivity contribution in [2.45, 2.75) is 25.7 Å². The van der Waals surface area contributed by atoms with Crippen LogP contribution in [0, 0.1) is 11.3 Å². The number of nitrogens with zero attached hydrogens (tertiary/aromatic N) is 1. The van der Waals surface area contributed by atoms with E-state index in [1.807, 2.05) is 36.4 Å². The lowest BCUT2D eigenvalue weighted by Gasteiger charge is -2.27. The number of rotatable bonds is 6. The second kappa shape index (κ2) is 10.2. The summed E-state index contributed by atoms with van der Waals surface area (Å²) in [5.41, 5.74) is 10.2. The lowest BCUT2D eigenvalue weighted by molar-refractivity contribution is -0.128. The van der Waals surface area contributed by atoms with E-state index >= 15 is 0 Å². The van der Waals surface area contributed by atoms with Gasteiger partial charge in [0.1, 0.15) is 28.9 Å². The number of hydrogen-bond acceptors (Lipinski definition) is 6. The Kier molecular flexibility index (Phi) is 6.88. The summed E-state index contributed by atoms with van der Waals surface area (Å²) in [7, 11) is 1.60. The van der Waals surface area contributed by atoms with Crippen molar-refractivity contribution in [2.24, 2.45) is 5.73 Å². The number of hydrogen-bond donors (Lipinski definition) is 1. The van der Waals surface area contributed by atoms with Crippen LogP contribution in [-0.4, -0.2) is 13.1 Å². The van der Waals surface area contributed by atoms with Crippen LogP contribution in [0.5, 0.6) is 17.2 Å². The van der Waals surface area contributed by atoms with E-state index in [0.29, 0.717) is 23.0 Å². The van der Waals surface area contributed by atoms with E-state index < -0.39 is 5.97 Å². The number of carbonyl (C=O) groups excluding carboxylic acids is 1. The monoisotopic (exact) mass is 466 g/mol. The summed E-state index contributed by atoms with van der Waals surface area (Å²) in [4.78, 5) is 12.4. The average Bonchev–Trinajstić information content (AvgIpc) is 2.87. The number of fused-ring (bicyclic) bond motifs is 1. The summed E-state index contributed by atoms with van der Waals surface area (Å²) in [6.07, 6.45) is 3.01. The molecular weight excluding hydrogens is 440 g/mol. The molecule has 35 heavy (non-hydrogen) atoms. The topological polar surface area (TPSA) is 94.6 Å². The zero-order valence-electron chi connectivity index (χ0n) is 19.8. The summed E-state index contributed by atoms with van der Waals surface area (Å²) in [6, 6.07) is 22.7. The number of allylic oxidation sites excluding steroid dienone is 1. The molecule has 0 radical (unpaired) electrons. The highest BCUT2D eigenvalue weighted by molar-refractivity contribution is 5.88. The van der Waals surface area contributed by atoms with Crippen LogP contribution in [0.15, 0.2) is 84.3 Å². The van der Waals surface area contributed by atoms with E-state index in [9.17, 15) is 10.1 Å². The van der Waals surface area contributed by atoms with Gasteiger partial charge >= 0.3 is 5.97 Å². The Morgan fingerprint density at radius 3 is 2.37 bits per heavy atom. The van der Waals surface area contributed by atoms with Crippen molar-refractivity contribution >= 4 is 12.0 Å². The number of nitrogens with two attached hydrogens (primary N) is 1.